The van der Waals surface area contributed by atoms with Crippen molar-refractivity contribution in [2.24, 2.45) is 0 Å². The summed E-state index contributed by atoms with van der Waals surface area (Å²) in [5, 5.41) is 0. The highest BCUT2D eigenvalue weighted by Crippen LogP contribution is 2.38. The van der Waals surface area contributed by atoms with Gasteiger partial charge in [0.15, 0.2) is 0 Å². The molecule has 2 heteroatoms. The monoisotopic (exact) mass is 643 g/mol. The Kier molecular flexibility index (Phi) is 8.57. The lowest BCUT2D eigenvalue weighted by Crippen LogP contribution is -2.09. The fourth-order valence-corrected chi connectivity index (χ4v) is 6.47. The molecule has 1 nitrogen and oxygen atoms in total. The lowest BCUT2D eigenvalue weighted by molar-refractivity contribution is 0.628. The van der Waals surface area contributed by atoms with Gasteiger partial charge in [0.1, 0.15) is 5.82 Å². The average molecular weight is 644 g/mol. The predicted octanol–water partition coefficient (Wildman–Crippen LogP) is 13.6. The van der Waals surface area contributed by atoms with E-state index in [0.29, 0.717) is 0 Å². The van der Waals surface area contributed by atoms with E-state index in [0.717, 1.165) is 39.3 Å². The van der Waals surface area contributed by atoms with Crippen molar-refractivity contribution < 1.29 is 4.39 Å². The summed E-state index contributed by atoms with van der Waals surface area (Å²) in [7, 11) is 0. The Hall–Kier alpha value is -6.51. The first kappa shape index (κ1) is 30.8. The van der Waals surface area contributed by atoms with Crippen LogP contribution in [0.25, 0.3) is 55.6 Å². The van der Waals surface area contributed by atoms with Gasteiger partial charge in [-0.25, -0.2) is 4.39 Å². The van der Waals surface area contributed by atoms with Crippen LogP contribution >= 0.6 is 0 Å². The van der Waals surface area contributed by atoms with Crippen molar-refractivity contribution >= 4 is 17.1 Å². The van der Waals surface area contributed by atoms with Crippen molar-refractivity contribution in [3.8, 4) is 55.6 Å². The fourth-order valence-electron chi connectivity index (χ4n) is 6.47. The normalized spacial score (nSPS) is 10.9. The molecule has 0 N–H and O–H groups in total. The van der Waals surface area contributed by atoms with Gasteiger partial charge in [-0.3, -0.25) is 0 Å². The first-order chi connectivity index (χ1) is 24.7. The molecule has 0 atom stereocenters. The van der Waals surface area contributed by atoms with Crippen molar-refractivity contribution in [2.75, 3.05) is 4.90 Å². The molecule has 0 amide bonds. The van der Waals surface area contributed by atoms with Crippen LogP contribution in [0.1, 0.15) is 0 Å². The number of hydrogen-bond acceptors (Lipinski definition) is 1. The highest BCUT2D eigenvalue weighted by molar-refractivity contribution is 5.81. The van der Waals surface area contributed by atoms with Crippen molar-refractivity contribution in [1.82, 2.24) is 0 Å². The van der Waals surface area contributed by atoms with E-state index in [4.69, 9.17) is 0 Å². The maximum Gasteiger partial charge on any atom is 0.123 e. The van der Waals surface area contributed by atoms with E-state index in [1.165, 1.54) is 45.5 Å². The zero-order chi connectivity index (χ0) is 33.7. The lowest BCUT2D eigenvalue weighted by atomic mass is 9.99. The van der Waals surface area contributed by atoms with Crippen LogP contribution in [0.5, 0.6) is 0 Å². The third kappa shape index (κ3) is 6.60. The van der Waals surface area contributed by atoms with E-state index in [2.05, 4.69) is 175 Å². The van der Waals surface area contributed by atoms with Crippen LogP contribution in [0, 0.1) is 5.82 Å². The molecule has 0 aromatic heterocycles. The molecule has 8 aromatic carbocycles. The smallest absolute Gasteiger partial charge is 0.123 e. The number of halogens is 1. The largest absolute Gasteiger partial charge is 0.311 e. The topological polar surface area (TPSA) is 3.24 Å². The zero-order valence-corrected chi connectivity index (χ0v) is 27.5. The molecule has 8 rings (SSSR count). The number of benzene rings is 8. The molecular formula is C48H34FN. The van der Waals surface area contributed by atoms with Crippen LogP contribution in [0.4, 0.5) is 21.5 Å². The SMILES string of the molecule is Fc1ccc(-c2ccc(N(c3ccc(-c4ccc(-c5ccccc5)cc4)cc3)c3ccc(-c4ccc(-c5ccccc5)cc4)cc3)cc2)cc1. The molecule has 0 aliphatic rings. The predicted molar refractivity (Wildman–Crippen MR) is 208 cm³/mol. The first-order valence-corrected chi connectivity index (χ1v) is 16.9. The molecule has 0 aliphatic heterocycles. The third-order valence-corrected chi connectivity index (χ3v) is 9.20. The van der Waals surface area contributed by atoms with Gasteiger partial charge in [0.2, 0.25) is 0 Å². The van der Waals surface area contributed by atoms with Gasteiger partial charge in [-0.05, 0) is 104 Å². The van der Waals surface area contributed by atoms with Crippen molar-refractivity contribution in [1.29, 1.82) is 0 Å². The summed E-state index contributed by atoms with van der Waals surface area (Å²) < 4.78 is 13.6. The molecule has 0 saturated heterocycles. The van der Waals surface area contributed by atoms with E-state index >= 15 is 0 Å². The van der Waals surface area contributed by atoms with Crippen molar-refractivity contribution in [3.63, 3.8) is 0 Å². The van der Waals surface area contributed by atoms with E-state index in [1.807, 2.05) is 24.3 Å². The Morgan fingerprint density at radius 3 is 0.680 bits per heavy atom. The summed E-state index contributed by atoms with van der Waals surface area (Å²) in [5.74, 6) is -0.234. The fraction of sp³-hybridized carbons (Fsp3) is 0. The summed E-state index contributed by atoms with van der Waals surface area (Å²) in [6, 6.07) is 71.0. The van der Waals surface area contributed by atoms with E-state index in [1.54, 1.807) is 0 Å². The molecule has 0 saturated carbocycles. The minimum Gasteiger partial charge on any atom is -0.311 e. The third-order valence-electron chi connectivity index (χ3n) is 9.20. The second kappa shape index (κ2) is 13.9. The molecule has 0 aliphatic carbocycles. The minimum absolute atomic E-state index is 0.234. The number of hydrogen-bond donors (Lipinski definition) is 0. The summed E-state index contributed by atoms with van der Waals surface area (Å²) in [6.07, 6.45) is 0. The molecule has 0 bridgehead atoms. The standard InChI is InChI=1S/C48H34FN/c49-45-27-19-41(20-28-45)44-25-33-48(34-26-44)50(46-29-21-42(22-30-46)39-15-11-37(12-16-39)35-7-3-1-4-8-35)47-31-23-43(24-32-47)40-17-13-38(14-18-40)36-9-5-2-6-10-36/h1-34H. The number of nitrogens with zero attached hydrogens (tertiary/aromatic N) is 1. The van der Waals surface area contributed by atoms with Gasteiger partial charge in [-0.1, -0.05) is 158 Å². The van der Waals surface area contributed by atoms with Crippen LogP contribution in [0.3, 0.4) is 0 Å². The van der Waals surface area contributed by atoms with Crippen LogP contribution < -0.4 is 4.90 Å². The molecule has 0 fully saturated rings. The van der Waals surface area contributed by atoms with E-state index in [9.17, 15) is 4.39 Å². The Bertz CT molecular complexity index is 2170. The Balaban J connectivity index is 1.10. The molecule has 8 aromatic rings. The van der Waals surface area contributed by atoms with Crippen LogP contribution in [0.2, 0.25) is 0 Å². The second-order valence-electron chi connectivity index (χ2n) is 12.4. The maximum atomic E-state index is 13.6. The molecule has 0 spiro atoms. The minimum atomic E-state index is -0.234. The Morgan fingerprint density at radius 2 is 0.420 bits per heavy atom. The first-order valence-electron chi connectivity index (χ1n) is 16.9. The number of rotatable bonds is 8. The van der Waals surface area contributed by atoms with Gasteiger partial charge in [0, 0.05) is 17.1 Å². The maximum absolute atomic E-state index is 13.6. The van der Waals surface area contributed by atoms with Gasteiger partial charge in [-0.15, -0.1) is 0 Å². The van der Waals surface area contributed by atoms with Crippen LogP contribution in [0.15, 0.2) is 206 Å². The molecule has 0 unspecified atom stereocenters. The summed E-state index contributed by atoms with van der Waals surface area (Å²) in [6.45, 7) is 0. The average Bonchev–Trinajstić information content (AvgIpc) is 3.20. The van der Waals surface area contributed by atoms with E-state index in [-0.39, 0.29) is 5.82 Å². The highest BCUT2D eigenvalue weighted by Gasteiger charge is 2.14. The van der Waals surface area contributed by atoms with Crippen LogP contribution in [-0.2, 0) is 0 Å². The summed E-state index contributed by atoms with van der Waals surface area (Å²) in [4.78, 5) is 2.28. The molecule has 238 valence electrons. The zero-order valence-electron chi connectivity index (χ0n) is 27.5. The van der Waals surface area contributed by atoms with Gasteiger partial charge >= 0.3 is 0 Å². The lowest BCUT2D eigenvalue weighted by Gasteiger charge is -2.26. The van der Waals surface area contributed by atoms with Crippen LogP contribution in [-0.4, -0.2) is 0 Å². The molecule has 50 heavy (non-hydrogen) atoms. The number of anilines is 3. The van der Waals surface area contributed by atoms with Gasteiger partial charge in [0.05, 0.1) is 0 Å². The Morgan fingerprint density at radius 1 is 0.220 bits per heavy atom. The molecular weight excluding hydrogens is 610 g/mol. The molecule has 0 radical (unpaired) electrons. The Labute approximate surface area is 293 Å². The van der Waals surface area contributed by atoms with Crippen molar-refractivity contribution in [2.45, 2.75) is 0 Å². The van der Waals surface area contributed by atoms with E-state index < -0.39 is 0 Å². The van der Waals surface area contributed by atoms with Gasteiger partial charge in [0.25, 0.3) is 0 Å². The quantitative estimate of drug-likeness (QED) is 0.159. The summed E-state index contributed by atoms with van der Waals surface area (Å²) >= 11 is 0. The summed E-state index contributed by atoms with van der Waals surface area (Å²) in [5.41, 5.74) is 14.7. The van der Waals surface area contributed by atoms with Gasteiger partial charge < -0.3 is 4.90 Å². The van der Waals surface area contributed by atoms with Gasteiger partial charge in [-0.2, -0.15) is 0 Å². The molecule has 0 heterocycles. The van der Waals surface area contributed by atoms with Crippen molar-refractivity contribution in [3.05, 3.63) is 212 Å². The second-order valence-corrected chi connectivity index (χ2v) is 12.4. The highest BCUT2D eigenvalue weighted by atomic mass is 19.1.